The lowest BCUT2D eigenvalue weighted by Gasteiger charge is -2.14. The van der Waals surface area contributed by atoms with Crippen LogP contribution in [0.4, 0.5) is 0 Å². The van der Waals surface area contributed by atoms with Gasteiger partial charge in [0, 0.05) is 0 Å². The number of allylic oxidation sites excluding steroid dienone is 1. The zero-order valence-electron chi connectivity index (χ0n) is 18.9. The highest BCUT2D eigenvalue weighted by atomic mass is 16.5. The van der Waals surface area contributed by atoms with E-state index in [0.717, 1.165) is 19.3 Å². The SMILES string of the molecule is C.CCCCCCC/C=C\C(CCCCCCCCCC)C(=O)OCC(C)C. The van der Waals surface area contributed by atoms with Gasteiger partial charge in [0.2, 0.25) is 0 Å². The molecule has 0 aromatic rings. The van der Waals surface area contributed by atoms with Crippen LogP contribution in [-0.4, -0.2) is 12.6 Å². The molecule has 0 heterocycles. The van der Waals surface area contributed by atoms with Crippen molar-refractivity contribution in [1.82, 2.24) is 0 Å². The molecule has 168 valence electrons. The fourth-order valence-electron chi connectivity index (χ4n) is 3.27. The minimum atomic E-state index is -0.0421. The fourth-order valence-corrected chi connectivity index (χ4v) is 3.27. The molecule has 0 fully saturated rings. The summed E-state index contributed by atoms with van der Waals surface area (Å²) < 4.78 is 5.51. The Labute approximate surface area is 177 Å². The van der Waals surface area contributed by atoms with Gasteiger partial charge in [-0.3, -0.25) is 4.79 Å². The van der Waals surface area contributed by atoms with E-state index in [9.17, 15) is 4.79 Å². The van der Waals surface area contributed by atoms with Gasteiger partial charge in [0.1, 0.15) is 0 Å². The second-order valence-electron chi connectivity index (χ2n) is 8.52. The van der Waals surface area contributed by atoms with Crippen molar-refractivity contribution in [3.05, 3.63) is 12.2 Å². The minimum Gasteiger partial charge on any atom is -0.465 e. The van der Waals surface area contributed by atoms with E-state index in [1.165, 1.54) is 77.0 Å². The standard InChI is InChI=1S/C25H48O2.CH4/c1-5-7-9-11-13-15-17-19-21-24(25(26)27-22-23(3)4)20-18-16-14-12-10-8-6-2;/h18,20,23-24H,5-17,19,21-22H2,1-4H3;1H4/b20-18-;. The van der Waals surface area contributed by atoms with Crippen LogP contribution in [0, 0.1) is 11.8 Å². The fraction of sp³-hybridized carbons (Fsp3) is 0.885. The van der Waals surface area contributed by atoms with E-state index in [1.807, 2.05) is 0 Å². The molecule has 0 aromatic carbocycles. The first-order chi connectivity index (χ1) is 13.1. The average Bonchev–Trinajstić information content (AvgIpc) is 2.65. The van der Waals surface area contributed by atoms with E-state index in [0.29, 0.717) is 12.5 Å². The predicted octanol–water partition coefficient (Wildman–Crippen LogP) is 8.89. The predicted molar refractivity (Wildman–Crippen MR) is 126 cm³/mol. The van der Waals surface area contributed by atoms with E-state index in [4.69, 9.17) is 4.74 Å². The summed E-state index contributed by atoms with van der Waals surface area (Å²) in [4.78, 5) is 12.4. The van der Waals surface area contributed by atoms with E-state index in [-0.39, 0.29) is 19.3 Å². The first kappa shape index (κ1) is 29.4. The quantitative estimate of drug-likeness (QED) is 0.124. The van der Waals surface area contributed by atoms with Gasteiger partial charge in [-0.1, -0.05) is 124 Å². The van der Waals surface area contributed by atoms with Crippen LogP contribution in [0.2, 0.25) is 0 Å². The van der Waals surface area contributed by atoms with Gasteiger partial charge in [-0.25, -0.2) is 0 Å². The number of rotatable bonds is 19. The molecule has 0 aliphatic carbocycles. The van der Waals surface area contributed by atoms with Crippen LogP contribution < -0.4 is 0 Å². The topological polar surface area (TPSA) is 26.3 Å². The molecule has 0 radical (unpaired) electrons. The number of unbranched alkanes of at least 4 members (excludes halogenated alkanes) is 12. The molecule has 1 atom stereocenters. The lowest BCUT2D eigenvalue weighted by atomic mass is 9.98. The molecule has 0 N–H and O–H groups in total. The van der Waals surface area contributed by atoms with Crippen molar-refractivity contribution in [2.24, 2.45) is 11.8 Å². The minimum absolute atomic E-state index is 0. The van der Waals surface area contributed by atoms with E-state index in [1.54, 1.807) is 0 Å². The Balaban J connectivity index is 0. The number of esters is 1. The highest BCUT2D eigenvalue weighted by Crippen LogP contribution is 2.17. The number of hydrogen-bond acceptors (Lipinski definition) is 2. The van der Waals surface area contributed by atoms with Gasteiger partial charge in [0.25, 0.3) is 0 Å². The molecular weight excluding hydrogens is 344 g/mol. The average molecular weight is 397 g/mol. The molecule has 0 saturated carbocycles. The van der Waals surface area contributed by atoms with Crippen molar-refractivity contribution >= 4 is 5.97 Å². The lowest BCUT2D eigenvalue weighted by Crippen LogP contribution is -2.18. The van der Waals surface area contributed by atoms with Crippen LogP contribution >= 0.6 is 0 Å². The molecule has 0 rings (SSSR count). The van der Waals surface area contributed by atoms with Crippen LogP contribution in [0.1, 0.15) is 131 Å². The van der Waals surface area contributed by atoms with Crippen molar-refractivity contribution in [3.63, 3.8) is 0 Å². The van der Waals surface area contributed by atoms with Crippen molar-refractivity contribution in [2.45, 2.75) is 131 Å². The van der Waals surface area contributed by atoms with Gasteiger partial charge >= 0.3 is 5.97 Å². The van der Waals surface area contributed by atoms with Gasteiger partial charge in [-0.2, -0.15) is 0 Å². The van der Waals surface area contributed by atoms with Crippen LogP contribution in [-0.2, 0) is 9.53 Å². The Morgan fingerprint density at radius 1 is 0.786 bits per heavy atom. The first-order valence-electron chi connectivity index (χ1n) is 11.9. The molecule has 0 amide bonds. The third-order valence-corrected chi connectivity index (χ3v) is 5.07. The second-order valence-corrected chi connectivity index (χ2v) is 8.52. The highest BCUT2D eigenvalue weighted by molar-refractivity contribution is 5.74. The molecule has 0 aliphatic rings. The first-order valence-corrected chi connectivity index (χ1v) is 11.9. The van der Waals surface area contributed by atoms with Crippen molar-refractivity contribution in [2.75, 3.05) is 6.61 Å². The van der Waals surface area contributed by atoms with Gasteiger partial charge in [0.15, 0.2) is 0 Å². The highest BCUT2D eigenvalue weighted by Gasteiger charge is 2.17. The number of ether oxygens (including phenoxy) is 1. The van der Waals surface area contributed by atoms with Crippen LogP contribution in [0.25, 0.3) is 0 Å². The van der Waals surface area contributed by atoms with E-state index >= 15 is 0 Å². The molecule has 0 bridgehead atoms. The smallest absolute Gasteiger partial charge is 0.312 e. The monoisotopic (exact) mass is 396 g/mol. The summed E-state index contributed by atoms with van der Waals surface area (Å²) >= 11 is 0. The number of carbonyl (C=O) groups excluding carboxylic acids is 1. The summed E-state index contributed by atoms with van der Waals surface area (Å²) in [5, 5.41) is 0. The molecule has 2 heteroatoms. The Morgan fingerprint density at radius 2 is 1.29 bits per heavy atom. The van der Waals surface area contributed by atoms with Gasteiger partial charge in [0.05, 0.1) is 12.5 Å². The Kier molecular flexibility index (Phi) is 23.6. The zero-order valence-corrected chi connectivity index (χ0v) is 18.9. The van der Waals surface area contributed by atoms with Crippen LogP contribution in [0.15, 0.2) is 12.2 Å². The van der Waals surface area contributed by atoms with Crippen LogP contribution in [0.3, 0.4) is 0 Å². The maximum Gasteiger partial charge on any atom is 0.312 e. The van der Waals surface area contributed by atoms with Gasteiger partial charge < -0.3 is 4.74 Å². The van der Waals surface area contributed by atoms with Gasteiger partial charge in [-0.15, -0.1) is 0 Å². The molecule has 0 aliphatic heterocycles. The third kappa shape index (κ3) is 20.0. The molecule has 2 nitrogen and oxygen atoms in total. The lowest BCUT2D eigenvalue weighted by molar-refractivity contribution is -0.148. The molecular formula is C26H52O2. The van der Waals surface area contributed by atoms with E-state index in [2.05, 4.69) is 39.8 Å². The summed E-state index contributed by atoms with van der Waals surface area (Å²) in [5.74, 6) is 0.341. The third-order valence-electron chi connectivity index (χ3n) is 5.07. The summed E-state index contributed by atoms with van der Waals surface area (Å²) in [6.07, 6.45) is 23.3. The maximum absolute atomic E-state index is 12.4. The summed E-state index contributed by atoms with van der Waals surface area (Å²) in [7, 11) is 0. The Bertz CT molecular complexity index is 346. The van der Waals surface area contributed by atoms with Crippen LogP contribution in [0.5, 0.6) is 0 Å². The zero-order chi connectivity index (χ0) is 20.2. The normalized spacial score (nSPS) is 12.3. The Morgan fingerprint density at radius 3 is 1.82 bits per heavy atom. The molecule has 0 saturated heterocycles. The van der Waals surface area contributed by atoms with Crippen molar-refractivity contribution in [3.8, 4) is 0 Å². The Hall–Kier alpha value is -0.790. The van der Waals surface area contributed by atoms with Crippen molar-refractivity contribution in [1.29, 1.82) is 0 Å². The van der Waals surface area contributed by atoms with E-state index < -0.39 is 0 Å². The molecule has 0 aromatic heterocycles. The largest absolute Gasteiger partial charge is 0.465 e. The molecule has 1 unspecified atom stereocenters. The maximum atomic E-state index is 12.4. The van der Waals surface area contributed by atoms with Crippen molar-refractivity contribution < 1.29 is 9.53 Å². The summed E-state index contributed by atoms with van der Waals surface area (Å²) in [5.41, 5.74) is 0. The molecule has 28 heavy (non-hydrogen) atoms. The number of carbonyl (C=O) groups is 1. The molecule has 0 spiro atoms. The summed E-state index contributed by atoms with van der Waals surface area (Å²) in [6.45, 7) is 9.23. The number of hydrogen-bond donors (Lipinski definition) is 0. The summed E-state index contributed by atoms with van der Waals surface area (Å²) in [6, 6.07) is 0. The van der Waals surface area contributed by atoms with Gasteiger partial charge in [-0.05, 0) is 25.2 Å². The second kappa shape index (κ2) is 22.5.